The van der Waals surface area contributed by atoms with Gasteiger partial charge in [0.2, 0.25) is 11.8 Å². The van der Waals surface area contributed by atoms with E-state index in [9.17, 15) is 14.4 Å². The summed E-state index contributed by atoms with van der Waals surface area (Å²) in [6.45, 7) is -0.269. The summed E-state index contributed by atoms with van der Waals surface area (Å²) in [6.07, 6.45) is 3.37. The maximum atomic E-state index is 12.3. The first-order chi connectivity index (χ1) is 11.6. The number of hydrogen-bond donors (Lipinski definition) is 0. The number of amides is 2. The molecule has 0 bridgehead atoms. The molecule has 2 aliphatic rings. The molecule has 0 spiro atoms. The third-order valence-corrected chi connectivity index (χ3v) is 4.70. The molecule has 1 aliphatic carbocycles. The van der Waals surface area contributed by atoms with Crippen LogP contribution in [0.3, 0.4) is 0 Å². The van der Waals surface area contributed by atoms with Crippen LogP contribution >= 0.6 is 0 Å². The van der Waals surface area contributed by atoms with Gasteiger partial charge in [0.05, 0.1) is 23.5 Å². The maximum absolute atomic E-state index is 12.3. The SMILES string of the molecule is N#Cc1ccc(COC(=O)CN2C(=O)[C@H]3CCCC[C@@H]3C2=O)cc1. The molecule has 0 radical (unpaired) electrons. The standard InChI is InChI=1S/C18H18N2O4/c19-9-12-5-7-13(8-6-12)11-24-16(21)10-20-17(22)14-3-1-2-4-15(14)18(20)23/h5-8,14-15H,1-4,10-11H2/t14-,15-/m0/s1. The van der Waals surface area contributed by atoms with Crippen molar-refractivity contribution in [3.63, 3.8) is 0 Å². The Hall–Kier alpha value is -2.68. The van der Waals surface area contributed by atoms with Crippen LogP contribution < -0.4 is 0 Å². The highest BCUT2D eigenvalue weighted by Gasteiger charge is 2.48. The lowest BCUT2D eigenvalue weighted by molar-refractivity contribution is -0.153. The van der Waals surface area contributed by atoms with Gasteiger partial charge in [-0.05, 0) is 30.5 Å². The van der Waals surface area contributed by atoms with Crippen LogP contribution in [-0.2, 0) is 25.7 Å². The number of carbonyl (C=O) groups excluding carboxylic acids is 3. The van der Waals surface area contributed by atoms with E-state index < -0.39 is 5.97 Å². The van der Waals surface area contributed by atoms with E-state index in [0.29, 0.717) is 5.56 Å². The Morgan fingerprint density at radius 1 is 1.12 bits per heavy atom. The number of esters is 1. The third kappa shape index (κ3) is 3.16. The minimum atomic E-state index is -0.597. The molecule has 1 aromatic carbocycles. The van der Waals surface area contributed by atoms with Crippen molar-refractivity contribution in [2.75, 3.05) is 6.54 Å². The number of nitriles is 1. The molecule has 1 heterocycles. The molecule has 6 nitrogen and oxygen atoms in total. The van der Waals surface area contributed by atoms with E-state index in [1.807, 2.05) is 6.07 Å². The molecule has 2 fully saturated rings. The van der Waals surface area contributed by atoms with Gasteiger partial charge in [-0.25, -0.2) is 0 Å². The van der Waals surface area contributed by atoms with Gasteiger partial charge in [-0.1, -0.05) is 25.0 Å². The first-order valence-electron chi connectivity index (χ1n) is 8.10. The fourth-order valence-electron chi connectivity index (χ4n) is 3.40. The highest BCUT2D eigenvalue weighted by molar-refractivity contribution is 6.07. The molecule has 1 aromatic rings. The Bertz CT molecular complexity index is 681. The lowest BCUT2D eigenvalue weighted by Crippen LogP contribution is -2.36. The van der Waals surface area contributed by atoms with Gasteiger partial charge in [-0.3, -0.25) is 19.3 Å². The number of nitrogens with zero attached hydrogens (tertiary/aromatic N) is 2. The van der Waals surface area contributed by atoms with Crippen molar-refractivity contribution in [2.45, 2.75) is 32.3 Å². The number of hydrogen-bond acceptors (Lipinski definition) is 5. The lowest BCUT2D eigenvalue weighted by atomic mass is 9.81. The highest BCUT2D eigenvalue weighted by atomic mass is 16.5. The number of ether oxygens (including phenoxy) is 1. The number of likely N-dealkylation sites (tertiary alicyclic amines) is 1. The van der Waals surface area contributed by atoms with Gasteiger partial charge in [0.15, 0.2) is 0 Å². The maximum Gasteiger partial charge on any atom is 0.326 e. The van der Waals surface area contributed by atoms with Crippen LogP contribution in [0.5, 0.6) is 0 Å². The van der Waals surface area contributed by atoms with Crippen LogP contribution in [0.2, 0.25) is 0 Å². The minimum Gasteiger partial charge on any atom is -0.459 e. The van der Waals surface area contributed by atoms with E-state index in [1.165, 1.54) is 0 Å². The molecular formula is C18H18N2O4. The van der Waals surface area contributed by atoms with Gasteiger partial charge >= 0.3 is 5.97 Å². The molecule has 2 amide bonds. The van der Waals surface area contributed by atoms with Crippen LogP contribution in [0.25, 0.3) is 0 Å². The fourth-order valence-corrected chi connectivity index (χ4v) is 3.40. The molecule has 24 heavy (non-hydrogen) atoms. The van der Waals surface area contributed by atoms with E-state index in [0.717, 1.165) is 36.1 Å². The number of carbonyl (C=O) groups is 3. The van der Waals surface area contributed by atoms with Crippen LogP contribution in [0, 0.1) is 23.2 Å². The van der Waals surface area contributed by atoms with Crippen molar-refractivity contribution < 1.29 is 19.1 Å². The van der Waals surface area contributed by atoms with E-state index in [1.54, 1.807) is 24.3 Å². The summed E-state index contributed by atoms with van der Waals surface area (Å²) in [4.78, 5) is 37.6. The number of fused-ring (bicyclic) bond motifs is 1. The summed E-state index contributed by atoms with van der Waals surface area (Å²) in [7, 11) is 0. The zero-order valence-corrected chi connectivity index (χ0v) is 13.2. The van der Waals surface area contributed by atoms with Crippen LogP contribution in [0.15, 0.2) is 24.3 Å². The minimum absolute atomic E-state index is 0.0492. The zero-order chi connectivity index (χ0) is 17.1. The van der Waals surface area contributed by atoms with Crippen molar-refractivity contribution in [1.82, 2.24) is 4.90 Å². The molecule has 2 atom stereocenters. The van der Waals surface area contributed by atoms with Crippen molar-refractivity contribution in [1.29, 1.82) is 5.26 Å². The Morgan fingerprint density at radius 2 is 1.71 bits per heavy atom. The average Bonchev–Trinajstić information content (AvgIpc) is 2.86. The second-order valence-electron chi connectivity index (χ2n) is 6.23. The van der Waals surface area contributed by atoms with Gasteiger partial charge in [-0.15, -0.1) is 0 Å². The van der Waals surface area contributed by atoms with Crippen molar-refractivity contribution in [3.05, 3.63) is 35.4 Å². The molecule has 0 N–H and O–H groups in total. The normalized spacial score (nSPS) is 22.9. The Labute approximate surface area is 140 Å². The predicted molar refractivity (Wildman–Crippen MR) is 83.1 cm³/mol. The van der Waals surface area contributed by atoms with E-state index in [-0.39, 0.29) is 36.8 Å². The van der Waals surface area contributed by atoms with Crippen LogP contribution in [0.1, 0.15) is 36.8 Å². The van der Waals surface area contributed by atoms with Crippen molar-refractivity contribution in [2.24, 2.45) is 11.8 Å². The van der Waals surface area contributed by atoms with Crippen molar-refractivity contribution >= 4 is 17.8 Å². The quantitative estimate of drug-likeness (QED) is 0.621. The second-order valence-corrected chi connectivity index (χ2v) is 6.23. The molecular weight excluding hydrogens is 308 g/mol. The lowest BCUT2D eigenvalue weighted by Gasteiger charge is -2.19. The monoisotopic (exact) mass is 326 g/mol. The molecule has 124 valence electrons. The van der Waals surface area contributed by atoms with Crippen molar-refractivity contribution in [3.8, 4) is 6.07 Å². The Morgan fingerprint density at radius 3 is 2.25 bits per heavy atom. The van der Waals surface area contributed by atoms with Crippen LogP contribution in [-0.4, -0.2) is 29.2 Å². The third-order valence-electron chi connectivity index (χ3n) is 4.70. The predicted octanol–water partition coefficient (Wildman–Crippen LogP) is 1.78. The molecule has 1 saturated carbocycles. The summed E-state index contributed by atoms with van der Waals surface area (Å²) in [5, 5.41) is 8.74. The Balaban J connectivity index is 1.55. The average molecular weight is 326 g/mol. The second kappa shape index (κ2) is 6.83. The Kier molecular flexibility index (Phi) is 4.61. The van der Waals surface area contributed by atoms with Gasteiger partial charge in [0.25, 0.3) is 0 Å². The molecule has 1 saturated heterocycles. The number of rotatable bonds is 4. The van der Waals surface area contributed by atoms with Crippen LogP contribution in [0.4, 0.5) is 0 Å². The fraction of sp³-hybridized carbons (Fsp3) is 0.444. The van der Waals surface area contributed by atoms with Gasteiger partial charge in [0, 0.05) is 0 Å². The topological polar surface area (TPSA) is 87.5 Å². The van der Waals surface area contributed by atoms with E-state index in [4.69, 9.17) is 10.00 Å². The largest absolute Gasteiger partial charge is 0.459 e. The van der Waals surface area contributed by atoms with E-state index >= 15 is 0 Å². The first-order valence-corrected chi connectivity index (χ1v) is 8.10. The molecule has 1 aliphatic heterocycles. The van der Waals surface area contributed by atoms with Gasteiger partial charge < -0.3 is 4.74 Å². The first kappa shape index (κ1) is 16.2. The summed E-state index contributed by atoms with van der Waals surface area (Å²) in [6, 6.07) is 8.69. The van der Waals surface area contributed by atoms with Gasteiger partial charge in [0.1, 0.15) is 13.2 Å². The molecule has 3 rings (SSSR count). The molecule has 6 heteroatoms. The molecule has 0 unspecified atom stereocenters. The number of benzene rings is 1. The van der Waals surface area contributed by atoms with E-state index in [2.05, 4.69) is 0 Å². The summed E-state index contributed by atoms with van der Waals surface area (Å²) < 4.78 is 5.15. The summed E-state index contributed by atoms with van der Waals surface area (Å²) in [5.74, 6) is -1.57. The highest BCUT2D eigenvalue weighted by Crippen LogP contribution is 2.37. The summed E-state index contributed by atoms with van der Waals surface area (Å²) >= 11 is 0. The van der Waals surface area contributed by atoms with Gasteiger partial charge in [-0.2, -0.15) is 5.26 Å². The molecule has 0 aromatic heterocycles. The smallest absolute Gasteiger partial charge is 0.326 e. The number of imide groups is 1. The summed E-state index contributed by atoms with van der Waals surface area (Å²) in [5.41, 5.74) is 1.27. The zero-order valence-electron chi connectivity index (χ0n) is 13.2.